The lowest BCUT2D eigenvalue weighted by atomic mass is 10.1. The van der Waals surface area contributed by atoms with Gasteiger partial charge in [0.1, 0.15) is 12.7 Å². The summed E-state index contributed by atoms with van der Waals surface area (Å²) < 4.78 is 0. The molecule has 0 saturated heterocycles. The third kappa shape index (κ3) is 3.58. The molecule has 14 heavy (non-hydrogen) atoms. The largest absolute Gasteiger partial charge is 0.393 e. The van der Waals surface area contributed by atoms with Crippen molar-refractivity contribution in [2.45, 2.75) is 20.0 Å². The van der Waals surface area contributed by atoms with E-state index < -0.39 is 6.10 Å². The lowest BCUT2D eigenvalue weighted by Gasteiger charge is -2.08. The average molecular weight is 193 g/mol. The van der Waals surface area contributed by atoms with E-state index in [1.165, 1.54) is 0 Å². The Balaban J connectivity index is 2.43. The van der Waals surface area contributed by atoms with Crippen molar-refractivity contribution in [3.8, 4) is 0 Å². The van der Waals surface area contributed by atoms with Crippen molar-refractivity contribution in [1.82, 2.24) is 0 Å². The maximum Gasteiger partial charge on any atom is 0.147 e. The molecule has 0 unspecified atom stereocenters. The van der Waals surface area contributed by atoms with Gasteiger partial charge in [-0.3, -0.25) is 0 Å². The van der Waals surface area contributed by atoms with Crippen LogP contribution in [-0.2, 0) is 4.84 Å². The molecule has 0 aliphatic carbocycles. The van der Waals surface area contributed by atoms with Crippen molar-refractivity contribution in [3.63, 3.8) is 0 Å². The summed E-state index contributed by atoms with van der Waals surface area (Å²) in [4.78, 5) is 4.95. The molecule has 1 aromatic rings. The maximum atomic E-state index is 9.64. The Kier molecular flexibility index (Phi) is 4.13. The minimum Gasteiger partial charge on any atom is -0.393 e. The molecule has 0 saturated carbocycles. The first-order valence-corrected chi connectivity index (χ1v) is 4.56. The number of aliphatic hydroxyl groups excluding tert-OH is 1. The lowest BCUT2D eigenvalue weighted by molar-refractivity contribution is 0.0393. The van der Waals surface area contributed by atoms with Gasteiger partial charge in [0.15, 0.2) is 0 Å². The van der Waals surface area contributed by atoms with Crippen molar-refractivity contribution in [2.75, 3.05) is 6.61 Å². The molecule has 3 nitrogen and oxygen atoms in total. The Morgan fingerprint density at radius 2 is 2.00 bits per heavy atom. The molecule has 0 spiro atoms. The Labute approximate surface area is 84.0 Å². The highest BCUT2D eigenvalue weighted by Crippen LogP contribution is 2.11. The molecular formula is C11H15NO2. The smallest absolute Gasteiger partial charge is 0.147 e. The van der Waals surface area contributed by atoms with Crippen LogP contribution in [0.5, 0.6) is 0 Å². The zero-order valence-electron chi connectivity index (χ0n) is 8.47. The van der Waals surface area contributed by atoms with Crippen LogP contribution in [0.4, 0.5) is 0 Å². The van der Waals surface area contributed by atoms with Crippen molar-refractivity contribution in [3.05, 3.63) is 35.9 Å². The van der Waals surface area contributed by atoms with Gasteiger partial charge >= 0.3 is 0 Å². The van der Waals surface area contributed by atoms with Crippen molar-refractivity contribution in [2.24, 2.45) is 5.16 Å². The Hall–Kier alpha value is -1.35. The third-order valence-corrected chi connectivity index (χ3v) is 1.66. The van der Waals surface area contributed by atoms with E-state index in [0.29, 0.717) is 0 Å². The molecule has 0 amide bonds. The fourth-order valence-corrected chi connectivity index (χ4v) is 1.01. The van der Waals surface area contributed by atoms with Crippen LogP contribution in [0.15, 0.2) is 35.5 Å². The van der Waals surface area contributed by atoms with Gasteiger partial charge in [-0.2, -0.15) is 0 Å². The minimum atomic E-state index is -0.612. The average Bonchev–Trinajstić information content (AvgIpc) is 2.18. The van der Waals surface area contributed by atoms with E-state index in [4.69, 9.17) is 4.84 Å². The van der Waals surface area contributed by atoms with Crippen LogP contribution in [0.1, 0.15) is 25.5 Å². The van der Waals surface area contributed by atoms with Gasteiger partial charge < -0.3 is 9.94 Å². The molecule has 1 N–H and O–H groups in total. The first-order chi connectivity index (χ1) is 6.70. The van der Waals surface area contributed by atoms with Gasteiger partial charge in [0, 0.05) is 0 Å². The van der Waals surface area contributed by atoms with Crippen molar-refractivity contribution < 1.29 is 9.94 Å². The standard InChI is InChI=1S/C11H15NO2/c1-9(2)12-14-8-11(13)10-6-4-3-5-7-10/h3-7,11,13H,8H2,1-2H3/t11-/m0/s1. The molecular weight excluding hydrogens is 178 g/mol. The van der Waals surface area contributed by atoms with Crippen LogP contribution in [0.25, 0.3) is 0 Å². The molecule has 1 atom stereocenters. The summed E-state index contributed by atoms with van der Waals surface area (Å²) in [5.41, 5.74) is 1.68. The first-order valence-electron chi connectivity index (χ1n) is 4.56. The van der Waals surface area contributed by atoms with E-state index in [1.807, 2.05) is 44.2 Å². The molecule has 0 aliphatic heterocycles. The number of benzene rings is 1. The van der Waals surface area contributed by atoms with Crippen LogP contribution in [-0.4, -0.2) is 17.4 Å². The van der Waals surface area contributed by atoms with Gasteiger partial charge in [0.05, 0.1) is 5.71 Å². The van der Waals surface area contributed by atoms with Crippen LogP contribution < -0.4 is 0 Å². The Morgan fingerprint density at radius 3 is 2.57 bits per heavy atom. The monoisotopic (exact) mass is 193 g/mol. The van der Waals surface area contributed by atoms with Crippen LogP contribution in [0.2, 0.25) is 0 Å². The molecule has 0 heterocycles. The lowest BCUT2D eigenvalue weighted by Crippen LogP contribution is -2.04. The molecule has 0 radical (unpaired) electrons. The summed E-state index contributed by atoms with van der Waals surface area (Å²) in [6.07, 6.45) is -0.612. The van der Waals surface area contributed by atoms with Gasteiger partial charge in [-0.15, -0.1) is 0 Å². The maximum absolute atomic E-state index is 9.64. The van der Waals surface area contributed by atoms with Gasteiger partial charge in [-0.05, 0) is 19.4 Å². The van der Waals surface area contributed by atoms with Crippen LogP contribution in [0, 0.1) is 0 Å². The van der Waals surface area contributed by atoms with Crippen LogP contribution >= 0.6 is 0 Å². The minimum absolute atomic E-state index is 0.190. The van der Waals surface area contributed by atoms with E-state index in [1.54, 1.807) is 0 Å². The predicted molar refractivity (Wildman–Crippen MR) is 56.1 cm³/mol. The van der Waals surface area contributed by atoms with Crippen LogP contribution in [0.3, 0.4) is 0 Å². The molecule has 0 aromatic heterocycles. The quantitative estimate of drug-likeness (QED) is 0.588. The van der Waals surface area contributed by atoms with Gasteiger partial charge in [-0.1, -0.05) is 35.5 Å². The summed E-state index contributed by atoms with van der Waals surface area (Å²) in [6, 6.07) is 9.39. The Morgan fingerprint density at radius 1 is 1.36 bits per heavy atom. The SMILES string of the molecule is CC(C)=NOC[C@H](O)c1ccccc1. The molecule has 1 rings (SSSR count). The molecule has 0 bridgehead atoms. The molecule has 76 valence electrons. The number of rotatable bonds is 4. The summed E-state index contributed by atoms with van der Waals surface area (Å²) in [5, 5.41) is 13.4. The van der Waals surface area contributed by atoms with Crippen molar-refractivity contribution >= 4 is 5.71 Å². The van der Waals surface area contributed by atoms with E-state index in [0.717, 1.165) is 11.3 Å². The molecule has 0 aliphatic rings. The molecule has 0 fully saturated rings. The van der Waals surface area contributed by atoms with E-state index in [2.05, 4.69) is 5.16 Å². The summed E-state index contributed by atoms with van der Waals surface area (Å²) in [5.74, 6) is 0. The second-order valence-corrected chi connectivity index (χ2v) is 3.26. The molecule has 1 aromatic carbocycles. The highest BCUT2D eigenvalue weighted by Gasteiger charge is 2.06. The second-order valence-electron chi connectivity index (χ2n) is 3.26. The van der Waals surface area contributed by atoms with Gasteiger partial charge in [-0.25, -0.2) is 0 Å². The van der Waals surface area contributed by atoms with Gasteiger partial charge in [0.2, 0.25) is 0 Å². The number of oxime groups is 1. The predicted octanol–water partition coefficient (Wildman–Crippen LogP) is 2.13. The fourth-order valence-electron chi connectivity index (χ4n) is 1.01. The summed E-state index contributed by atoms with van der Waals surface area (Å²) in [6.45, 7) is 3.87. The highest BCUT2D eigenvalue weighted by atomic mass is 16.6. The van der Waals surface area contributed by atoms with Gasteiger partial charge in [0.25, 0.3) is 0 Å². The number of hydrogen-bond donors (Lipinski definition) is 1. The van der Waals surface area contributed by atoms with E-state index in [9.17, 15) is 5.11 Å². The fraction of sp³-hybridized carbons (Fsp3) is 0.364. The topological polar surface area (TPSA) is 41.8 Å². The second kappa shape index (κ2) is 5.40. The molecule has 3 heteroatoms. The zero-order valence-corrected chi connectivity index (χ0v) is 8.47. The Bertz CT molecular complexity index is 291. The van der Waals surface area contributed by atoms with E-state index >= 15 is 0 Å². The van der Waals surface area contributed by atoms with Crippen molar-refractivity contribution in [1.29, 1.82) is 0 Å². The normalized spacial score (nSPS) is 11.9. The third-order valence-electron chi connectivity index (χ3n) is 1.66. The number of aliphatic hydroxyl groups is 1. The number of nitrogens with zero attached hydrogens (tertiary/aromatic N) is 1. The summed E-state index contributed by atoms with van der Waals surface area (Å²) in [7, 11) is 0. The number of hydrogen-bond acceptors (Lipinski definition) is 3. The highest BCUT2D eigenvalue weighted by molar-refractivity contribution is 5.78. The summed E-state index contributed by atoms with van der Waals surface area (Å²) >= 11 is 0. The zero-order chi connectivity index (χ0) is 10.4. The van der Waals surface area contributed by atoms with E-state index in [-0.39, 0.29) is 6.61 Å². The first kappa shape index (κ1) is 10.7.